The van der Waals surface area contributed by atoms with Gasteiger partial charge in [0.15, 0.2) is 5.11 Å². The largest absolute Gasteiger partial charge is 0.360 e. The van der Waals surface area contributed by atoms with E-state index in [1.165, 1.54) is 16.7 Å². The Morgan fingerprint density at radius 1 is 1.05 bits per heavy atom. The van der Waals surface area contributed by atoms with Crippen molar-refractivity contribution in [2.45, 2.75) is 39.7 Å². The van der Waals surface area contributed by atoms with Crippen molar-refractivity contribution in [3.05, 3.63) is 65.2 Å². The summed E-state index contributed by atoms with van der Waals surface area (Å²) in [7, 11) is 0. The van der Waals surface area contributed by atoms with Gasteiger partial charge in [-0.1, -0.05) is 36.4 Å². The van der Waals surface area contributed by atoms with E-state index in [2.05, 4.69) is 73.9 Å². The van der Waals surface area contributed by atoms with Crippen molar-refractivity contribution < 1.29 is 0 Å². The molecule has 2 nitrogen and oxygen atoms in total. The van der Waals surface area contributed by atoms with Crippen molar-refractivity contribution in [2.75, 3.05) is 5.32 Å². The molecule has 0 amide bonds. The summed E-state index contributed by atoms with van der Waals surface area (Å²) < 4.78 is 0. The first-order chi connectivity index (χ1) is 10.5. The highest BCUT2D eigenvalue weighted by Gasteiger charge is 2.05. The van der Waals surface area contributed by atoms with Crippen LogP contribution in [-0.2, 0) is 6.42 Å². The SMILES string of the molecule is Cc1cc(C)cc(NC(=S)NC(C)CCc2ccccc2)c1. The minimum absolute atomic E-state index is 0.339. The Bertz CT molecular complexity index is 602. The standard InChI is InChI=1S/C19H24N2S/c1-14-11-15(2)13-18(12-14)21-19(22)20-16(3)9-10-17-7-5-4-6-8-17/h4-8,11-13,16H,9-10H2,1-3H3,(H2,20,21,22). The van der Waals surface area contributed by atoms with Gasteiger partial charge in [-0.2, -0.15) is 0 Å². The predicted molar refractivity (Wildman–Crippen MR) is 99.5 cm³/mol. The van der Waals surface area contributed by atoms with E-state index >= 15 is 0 Å². The third kappa shape index (κ3) is 5.49. The lowest BCUT2D eigenvalue weighted by Gasteiger charge is -2.17. The van der Waals surface area contributed by atoms with Crippen LogP contribution in [0.5, 0.6) is 0 Å². The van der Waals surface area contributed by atoms with Gasteiger partial charge in [0.05, 0.1) is 0 Å². The number of thiocarbonyl (C=S) groups is 1. The molecule has 2 aromatic carbocycles. The number of nitrogens with one attached hydrogen (secondary N) is 2. The van der Waals surface area contributed by atoms with Crippen molar-refractivity contribution in [3.8, 4) is 0 Å². The lowest BCUT2D eigenvalue weighted by molar-refractivity contribution is 0.609. The van der Waals surface area contributed by atoms with Crippen LogP contribution in [0, 0.1) is 13.8 Å². The van der Waals surface area contributed by atoms with Crippen molar-refractivity contribution in [1.82, 2.24) is 5.32 Å². The summed E-state index contributed by atoms with van der Waals surface area (Å²) in [5.41, 5.74) is 4.89. The van der Waals surface area contributed by atoms with Crippen LogP contribution in [0.4, 0.5) is 5.69 Å². The monoisotopic (exact) mass is 312 g/mol. The summed E-state index contributed by atoms with van der Waals surface area (Å²) >= 11 is 5.41. The second-order valence-corrected chi connectivity index (χ2v) is 6.31. The van der Waals surface area contributed by atoms with E-state index in [1.807, 2.05) is 6.07 Å². The van der Waals surface area contributed by atoms with E-state index in [0.717, 1.165) is 18.5 Å². The second-order valence-electron chi connectivity index (χ2n) is 5.90. The smallest absolute Gasteiger partial charge is 0.170 e. The molecular formula is C19H24N2S. The van der Waals surface area contributed by atoms with Gasteiger partial charge >= 0.3 is 0 Å². The number of aryl methyl sites for hydroxylation is 3. The predicted octanol–water partition coefficient (Wildman–Crippen LogP) is 4.61. The van der Waals surface area contributed by atoms with E-state index in [-0.39, 0.29) is 0 Å². The zero-order chi connectivity index (χ0) is 15.9. The first-order valence-electron chi connectivity index (χ1n) is 7.72. The maximum absolute atomic E-state index is 5.41. The minimum Gasteiger partial charge on any atom is -0.360 e. The fourth-order valence-electron chi connectivity index (χ4n) is 2.54. The van der Waals surface area contributed by atoms with Crippen LogP contribution in [0.2, 0.25) is 0 Å². The van der Waals surface area contributed by atoms with Crippen molar-refractivity contribution >= 4 is 23.0 Å². The van der Waals surface area contributed by atoms with Crippen molar-refractivity contribution in [3.63, 3.8) is 0 Å². The van der Waals surface area contributed by atoms with E-state index in [4.69, 9.17) is 12.2 Å². The number of hydrogen-bond acceptors (Lipinski definition) is 1. The van der Waals surface area contributed by atoms with Gasteiger partial charge in [-0.05, 0) is 74.7 Å². The highest BCUT2D eigenvalue weighted by Crippen LogP contribution is 2.13. The van der Waals surface area contributed by atoms with E-state index in [0.29, 0.717) is 11.2 Å². The second kappa shape index (κ2) is 7.95. The fraction of sp³-hybridized carbons (Fsp3) is 0.316. The molecule has 0 heterocycles. The van der Waals surface area contributed by atoms with Gasteiger partial charge in [-0.25, -0.2) is 0 Å². The molecule has 3 heteroatoms. The molecule has 116 valence electrons. The third-order valence-electron chi connectivity index (χ3n) is 3.57. The van der Waals surface area contributed by atoms with Crippen molar-refractivity contribution in [2.24, 2.45) is 0 Å². The Morgan fingerprint density at radius 3 is 2.32 bits per heavy atom. The van der Waals surface area contributed by atoms with Crippen LogP contribution < -0.4 is 10.6 Å². The van der Waals surface area contributed by atoms with Crippen LogP contribution in [0.25, 0.3) is 0 Å². The molecule has 1 unspecified atom stereocenters. The van der Waals surface area contributed by atoms with E-state index < -0.39 is 0 Å². The Balaban J connectivity index is 1.81. The molecule has 2 N–H and O–H groups in total. The first kappa shape index (κ1) is 16.5. The van der Waals surface area contributed by atoms with Gasteiger partial charge in [0, 0.05) is 11.7 Å². The molecule has 0 aliphatic carbocycles. The number of benzene rings is 2. The molecule has 22 heavy (non-hydrogen) atoms. The number of rotatable bonds is 5. The van der Waals surface area contributed by atoms with Gasteiger partial charge in [0.25, 0.3) is 0 Å². The Kier molecular flexibility index (Phi) is 5.96. The summed E-state index contributed by atoms with van der Waals surface area (Å²) in [5, 5.41) is 7.32. The highest BCUT2D eigenvalue weighted by atomic mass is 32.1. The maximum Gasteiger partial charge on any atom is 0.170 e. The van der Waals surface area contributed by atoms with Crippen LogP contribution in [-0.4, -0.2) is 11.2 Å². The Morgan fingerprint density at radius 2 is 1.68 bits per heavy atom. The van der Waals surface area contributed by atoms with Gasteiger partial charge < -0.3 is 10.6 Å². The van der Waals surface area contributed by atoms with Crippen LogP contribution in [0.1, 0.15) is 30.0 Å². The lowest BCUT2D eigenvalue weighted by Crippen LogP contribution is -2.36. The first-order valence-corrected chi connectivity index (χ1v) is 8.13. The summed E-state index contributed by atoms with van der Waals surface area (Å²) in [5.74, 6) is 0. The van der Waals surface area contributed by atoms with Crippen LogP contribution in [0.15, 0.2) is 48.5 Å². The van der Waals surface area contributed by atoms with E-state index in [1.54, 1.807) is 0 Å². The molecule has 0 radical (unpaired) electrons. The molecule has 2 aromatic rings. The zero-order valence-corrected chi connectivity index (χ0v) is 14.3. The maximum atomic E-state index is 5.41. The molecular weight excluding hydrogens is 288 g/mol. The quantitative estimate of drug-likeness (QED) is 0.788. The Hall–Kier alpha value is -1.87. The molecule has 0 saturated heterocycles. The van der Waals surface area contributed by atoms with Gasteiger partial charge in [0.2, 0.25) is 0 Å². The third-order valence-corrected chi connectivity index (χ3v) is 3.79. The average molecular weight is 312 g/mol. The zero-order valence-electron chi connectivity index (χ0n) is 13.5. The molecule has 0 aliphatic rings. The minimum atomic E-state index is 0.339. The molecule has 0 fully saturated rings. The van der Waals surface area contributed by atoms with E-state index in [9.17, 15) is 0 Å². The molecule has 0 bridgehead atoms. The average Bonchev–Trinajstić information content (AvgIpc) is 2.45. The fourth-order valence-corrected chi connectivity index (χ4v) is 2.86. The number of anilines is 1. The normalized spacial score (nSPS) is 11.8. The van der Waals surface area contributed by atoms with Crippen LogP contribution >= 0.6 is 12.2 Å². The molecule has 0 aliphatic heterocycles. The summed E-state index contributed by atoms with van der Waals surface area (Å²) in [4.78, 5) is 0. The molecule has 1 atom stereocenters. The molecule has 0 aromatic heterocycles. The topological polar surface area (TPSA) is 24.1 Å². The summed E-state index contributed by atoms with van der Waals surface area (Å²) in [6.45, 7) is 6.35. The molecule has 0 saturated carbocycles. The lowest BCUT2D eigenvalue weighted by atomic mass is 10.1. The van der Waals surface area contributed by atoms with Gasteiger partial charge in [-0.3, -0.25) is 0 Å². The Labute approximate surface area is 139 Å². The molecule has 0 spiro atoms. The van der Waals surface area contributed by atoms with Crippen molar-refractivity contribution in [1.29, 1.82) is 0 Å². The highest BCUT2D eigenvalue weighted by molar-refractivity contribution is 7.80. The van der Waals surface area contributed by atoms with Gasteiger partial charge in [-0.15, -0.1) is 0 Å². The van der Waals surface area contributed by atoms with Crippen LogP contribution in [0.3, 0.4) is 0 Å². The summed E-state index contributed by atoms with van der Waals surface area (Å²) in [6.07, 6.45) is 2.11. The summed E-state index contributed by atoms with van der Waals surface area (Å²) in [6, 6.07) is 17.3. The van der Waals surface area contributed by atoms with Gasteiger partial charge in [0.1, 0.15) is 0 Å². The number of hydrogen-bond donors (Lipinski definition) is 2. The molecule has 2 rings (SSSR count).